The fourth-order valence-corrected chi connectivity index (χ4v) is 4.40. The van der Waals surface area contributed by atoms with Crippen LogP contribution in [-0.4, -0.2) is 41.1 Å². The van der Waals surface area contributed by atoms with Crippen LogP contribution in [0.4, 0.5) is 0 Å². The van der Waals surface area contributed by atoms with Crippen molar-refractivity contribution in [3.63, 3.8) is 0 Å². The Kier molecular flexibility index (Phi) is 7.52. The van der Waals surface area contributed by atoms with E-state index < -0.39 is 0 Å². The number of para-hydroxylation sites is 1. The molecular weight excluding hydrogens is 472 g/mol. The molecule has 3 heterocycles. The first-order valence-electron chi connectivity index (χ1n) is 12.1. The highest BCUT2D eigenvalue weighted by molar-refractivity contribution is 5.95. The minimum absolute atomic E-state index is 0.00369. The minimum atomic E-state index is -0.358. The third kappa shape index (κ3) is 5.02. The molecule has 0 fully saturated rings. The van der Waals surface area contributed by atoms with Gasteiger partial charge in [0.15, 0.2) is 11.5 Å². The molecule has 1 aromatic carbocycles. The third-order valence-corrected chi connectivity index (χ3v) is 6.13. The highest BCUT2D eigenvalue weighted by Crippen LogP contribution is 2.39. The number of aromatic amines is 1. The average molecular weight is 505 g/mol. The zero-order chi connectivity index (χ0) is 26.7. The van der Waals surface area contributed by atoms with Gasteiger partial charge in [0, 0.05) is 11.3 Å². The monoisotopic (exact) mass is 504 g/mol. The molecule has 0 spiro atoms. The normalized spacial score (nSPS) is 11.1. The van der Waals surface area contributed by atoms with Crippen molar-refractivity contribution >= 4 is 11.4 Å². The lowest BCUT2D eigenvalue weighted by atomic mass is 10.0. The van der Waals surface area contributed by atoms with E-state index in [0.29, 0.717) is 40.8 Å². The second-order valence-electron chi connectivity index (χ2n) is 8.95. The average Bonchev–Trinajstić information content (AvgIpc) is 3.31. The molecule has 9 heteroatoms. The van der Waals surface area contributed by atoms with Crippen LogP contribution in [0.2, 0.25) is 0 Å². The summed E-state index contributed by atoms with van der Waals surface area (Å²) in [6.07, 6.45) is 1.65. The number of hydrogen-bond acceptors (Lipinski definition) is 6. The molecule has 2 N–H and O–H groups in total. The number of aryl methyl sites for hydroxylation is 1. The molecule has 0 aliphatic carbocycles. The summed E-state index contributed by atoms with van der Waals surface area (Å²) in [7, 11) is 3.17. The quantitative estimate of drug-likeness (QED) is 0.348. The van der Waals surface area contributed by atoms with Gasteiger partial charge in [0.1, 0.15) is 17.8 Å². The molecule has 4 aromatic rings. The Hall–Kier alpha value is -4.27. The number of nitrogens with one attached hydrogen (secondary N) is 2. The maximum absolute atomic E-state index is 13.6. The van der Waals surface area contributed by atoms with Crippen LogP contribution in [0.5, 0.6) is 17.2 Å². The predicted octanol–water partition coefficient (Wildman–Crippen LogP) is 4.47. The van der Waals surface area contributed by atoms with Crippen molar-refractivity contribution in [2.75, 3.05) is 20.8 Å². The Morgan fingerprint density at radius 2 is 1.92 bits per heavy atom. The fraction of sp³-hybridized carbons (Fsp3) is 0.321. The van der Waals surface area contributed by atoms with Crippen molar-refractivity contribution in [2.45, 2.75) is 40.2 Å². The number of benzene rings is 1. The number of hydrogen-bond donors (Lipinski definition) is 2. The number of nitrogens with zero attached hydrogens (tertiary/aromatic N) is 2. The summed E-state index contributed by atoms with van der Waals surface area (Å²) in [6.45, 7) is 8.15. The van der Waals surface area contributed by atoms with Crippen LogP contribution in [-0.2, 0) is 6.54 Å². The number of carbonyl (C=O) groups is 1. The van der Waals surface area contributed by atoms with Crippen molar-refractivity contribution in [3.05, 3.63) is 75.7 Å². The van der Waals surface area contributed by atoms with E-state index in [9.17, 15) is 9.59 Å². The number of amides is 1. The van der Waals surface area contributed by atoms with Gasteiger partial charge >= 0.3 is 0 Å². The molecule has 0 saturated carbocycles. The van der Waals surface area contributed by atoms with Crippen LogP contribution in [0.15, 0.2) is 47.5 Å². The number of methoxy groups -OCH3 is 2. The van der Waals surface area contributed by atoms with Crippen LogP contribution in [0.3, 0.4) is 0 Å². The molecule has 0 radical (unpaired) electrons. The number of H-pyrrole nitrogens is 1. The Labute approximate surface area is 215 Å². The van der Waals surface area contributed by atoms with Crippen molar-refractivity contribution < 1.29 is 19.0 Å². The number of ether oxygens (including phenoxy) is 3. The Bertz CT molecular complexity index is 1500. The zero-order valence-electron chi connectivity index (χ0n) is 22.0. The molecule has 4 rings (SSSR count). The molecule has 0 aliphatic rings. The second-order valence-corrected chi connectivity index (χ2v) is 8.95. The molecule has 0 aliphatic heterocycles. The van der Waals surface area contributed by atoms with E-state index >= 15 is 0 Å². The molecule has 3 aromatic heterocycles. The first kappa shape index (κ1) is 25.8. The molecule has 194 valence electrons. The van der Waals surface area contributed by atoms with Gasteiger partial charge < -0.3 is 24.5 Å². The van der Waals surface area contributed by atoms with Gasteiger partial charge in [-0.1, -0.05) is 26.0 Å². The van der Waals surface area contributed by atoms with Crippen molar-refractivity contribution in [1.29, 1.82) is 0 Å². The Balaban J connectivity index is 1.80. The fourth-order valence-electron chi connectivity index (χ4n) is 4.40. The van der Waals surface area contributed by atoms with Crippen molar-refractivity contribution in [1.82, 2.24) is 19.7 Å². The molecule has 37 heavy (non-hydrogen) atoms. The van der Waals surface area contributed by atoms with Gasteiger partial charge in [-0.15, -0.1) is 0 Å². The number of fused-ring (bicyclic) bond motifs is 1. The summed E-state index contributed by atoms with van der Waals surface area (Å²) in [5, 5.41) is 2.89. The highest BCUT2D eigenvalue weighted by Gasteiger charge is 2.21. The summed E-state index contributed by atoms with van der Waals surface area (Å²) < 4.78 is 18.6. The highest BCUT2D eigenvalue weighted by atomic mass is 16.5. The van der Waals surface area contributed by atoms with E-state index in [-0.39, 0.29) is 23.9 Å². The Morgan fingerprint density at radius 1 is 1.14 bits per heavy atom. The molecule has 1 amide bonds. The first-order chi connectivity index (χ1) is 17.8. The predicted molar refractivity (Wildman–Crippen MR) is 142 cm³/mol. The van der Waals surface area contributed by atoms with E-state index in [1.807, 2.05) is 31.2 Å². The topological polar surface area (TPSA) is 107 Å². The van der Waals surface area contributed by atoms with Crippen molar-refractivity contribution in [2.24, 2.45) is 0 Å². The molecule has 0 atom stereocenters. The number of pyridine rings is 2. The largest absolute Gasteiger partial charge is 0.493 e. The van der Waals surface area contributed by atoms with Gasteiger partial charge in [0.05, 0.1) is 44.1 Å². The maximum Gasteiger partial charge on any atom is 0.268 e. The van der Waals surface area contributed by atoms with E-state index in [1.165, 1.54) is 0 Å². The van der Waals surface area contributed by atoms with Gasteiger partial charge in [-0.05, 0) is 49.6 Å². The number of imidazole rings is 1. The lowest BCUT2D eigenvalue weighted by Gasteiger charge is -2.16. The van der Waals surface area contributed by atoms with Crippen LogP contribution in [0.25, 0.3) is 16.6 Å². The van der Waals surface area contributed by atoms with E-state index in [0.717, 1.165) is 22.3 Å². The van der Waals surface area contributed by atoms with Gasteiger partial charge in [-0.3, -0.25) is 14.0 Å². The maximum atomic E-state index is 13.6. The SMILES string of the molecule is CCOc1cc(C)[nH]c(=O)c1CNC(=O)c1cc(-c2cccc(OC)c2OC)cc2c(C(C)C)ncn12. The molecule has 0 unspecified atom stereocenters. The standard InChI is InChI=1S/C28H32N4O5/c1-7-37-24-11-17(4)31-27(33)20(24)14-29-28(34)22-13-18(12-21-25(16(2)3)30-15-32(21)22)19-9-8-10-23(35-5)26(19)36-6/h8-13,15-16H,7,14H2,1-6H3,(H,29,34)(H,31,33). The van der Waals surface area contributed by atoms with Gasteiger partial charge in [0.25, 0.3) is 11.5 Å². The van der Waals surface area contributed by atoms with Crippen LogP contribution >= 0.6 is 0 Å². The van der Waals surface area contributed by atoms with Crippen LogP contribution in [0, 0.1) is 6.92 Å². The first-order valence-corrected chi connectivity index (χ1v) is 12.1. The van der Waals surface area contributed by atoms with Crippen LogP contribution in [0.1, 0.15) is 54.1 Å². The second kappa shape index (κ2) is 10.8. The zero-order valence-corrected chi connectivity index (χ0v) is 22.0. The Morgan fingerprint density at radius 3 is 2.59 bits per heavy atom. The number of rotatable bonds is 9. The van der Waals surface area contributed by atoms with E-state index in [1.54, 1.807) is 44.0 Å². The summed E-state index contributed by atoms with van der Waals surface area (Å²) >= 11 is 0. The van der Waals surface area contributed by atoms with Crippen molar-refractivity contribution in [3.8, 4) is 28.4 Å². The van der Waals surface area contributed by atoms with Gasteiger partial charge in [0.2, 0.25) is 0 Å². The summed E-state index contributed by atoms with van der Waals surface area (Å²) in [6, 6.07) is 11.1. The van der Waals surface area contributed by atoms with E-state index in [2.05, 4.69) is 29.1 Å². The number of aromatic nitrogens is 3. The summed E-state index contributed by atoms with van der Waals surface area (Å²) in [4.78, 5) is 33.5. The molecular formula is C28H32N4O5. The molecule has 0 saturated heterocycles. The molecule has 0 bridgehead atoms. The minimum Gasteiger partial charge on any atom is -0.493 e. The van der Waals surface area contributed by atoms with Gasteiger partial charge in [-0.25, -0.2) is 4.98 Å². The third-order valence-electron chi connectivity index (χ3n) is 6.13. The smallest absolute Gasteiger partial charge is 0.268 e. The number of carbonyl (C=O) groups excluding carboxylic acids is 1. The summed E-state index contributed by atoms with van der Waals surface area (Å²) in [5.74, 6) is 1.39. The van der Waals surface area contributed by atoms with Crippen LogP contribution < -0.4 is 25.1 Å². The van der Waals surface area contributed by atoms with Gasteiger partial charge in [-0.2, -0.15) is 0 Å². The summed E-state index contributed by atoms with van der Waals surface area (Å²) in [5.41, 5.74) is 4.35. The molecule has 9 nitrogen and oxygen atoms in total. The van der Waals surface area contributed by atoms with E-state index in [4.69, 9.17) is 14.2 Å². The lowest BCUT2D eigenvalue weighted by molar-refractivity contribution is 0.0944. The lowest BCUT2D eigenvalue weighted by Crippen LogP contribution is -2.29.